The summed E-state index contributed by atoms with van der Waals surface area (Å²) in [6, 6.07) is 15.9. The van der Waals surface area contributed by atoms with Gasteiger partial charge in [-0.2, -0.15) is 0 Å². The van der Waals surface area contributed by atoms with Gasteiger partial charge in [0, 0.05) is 11.1 Å². The van der Waals surface area contributed by atoms with E-state index in [1.54, 1.807) is 19.1 Å². The number of anilines is 1. The van der Waals surface area contributed by atoms with E-state index >= 15 is 0 Å². The van der Waals surface area contributed by atoms with Crippen LogP contribution in [0.3, 0.4) is 0 Å². The molecule has 24 heavy (non-hydrogen) atoms. The molecule has 0 radical (unpaired) electrons. The number of aromatic nitrogens is 1. The smallest absolute Gasteiger partial charge is 0.418 e. The summed E-state index contributed by atoms with van der Waals surface area (Å²) in [6.07, 6.45) is -0.799. The fourth-order valence-electron chi connectivity index (χ4n) is 2.33. The number of aryl methyl sites for hydroxylation is 1. The Balaban J connectivity index is 1.86. The predicted octanol–water partition coefficient (Wildman–Crippen LogP) is 3.85. The van der Waals surface area contributed by atoms with Crippen molar-refractivity contribution < 1.29 is 19.4 Å². The molecule has 3 aromatic rings. The van der Waals surface area contributed by atoms with Crippen LogP contribution in [0.15, 0.2) is 54.6 Å². The van der Waals surface area contributed by atoms with Crippen molar-refractivity contribution >= 4 is 28.5 Å². The second-order valence-corrected chi connectivity index (χ2v) is 5.15. The number of nitrogens with zero attached hydrogens (tertiary/aromatic N) is 1. The summed E-state index contributed by atoms with van der Waals surface area (Å²) in [7, 11) is 0. The Morgan fingerprint density at radius 1 is 1.04 bits per heavy atom. The van der Waals surface area contributed by atoms with Crippen LogP contribution in [0.4, 0.5) is 10.5 Å². The number of fused-ring (bicyclic) bond motifs is 1. The lowest BCUT2D eigenvalue weighted by atomic mass is 10.1. The van der Waals surface area contributed by atoms with Crippen molar-refractivity contribution in [3.05, 3.63) is 65.9 Å². The first-order chi connectivity index (χ1) is 11.5. The maximum Gasteiger partial charge on any atom is 0.418 e. The number of hydrogen-bond acceptors (Lipinski definition) is 4. The normalized spacial score (nSPS) is 10.4. The number of aromatic carboxylic acids is 1. The molecule has 0 saturated heterocycles. The third-order valence-corrected chi connectivity index (χ3v) is 3.45. The minimum atomic E-state index is -1.21. The van der Waals surface area contributed by atoms with Crippen LogP contribution < -0.4 is 10.1 Å². The molecule has 1 heterocycles. The number of carbonyl (C=O) groups excluding carboxylic acids is 1. The van der Waals surface area contributed by atoms with Crippen molar-refractivity contribution in [2.45, 2.75) is 6.92 Å². The molecule has 2 aromatic carbocycles. The minimum Gasteiger partial charge on any atom is -0.477 e. The molecule has 0 bridgehead atoms. The highest BCUT2D eigenvalue weighted by molar-refractivity contribution is 6.01. The van der Waals surface area contributed by atoms with Gasteiger partial charge in [-0.1, -0.05) is 36.4 Å². The van der Waals surface area contributed by atoms with E-state index in [0.29, 0.717) is 11.4 Å². The highest BCUT2D eigenvalue weighted by Gasteiger charge is 2.17. The molecule has 0 saturated carbocycles. The number of carboxylic acids is 1. The van der Waals surface area contributed by atoms with Gasteiger partial charge in [0.2, 0.25) is 5.88 Å². The summed E-state index contributed by atoms with van der Waals surface area (Å²) < 4.78 is 5.10. The van der Waals surface area contributed by atoms with Crippen LogP contribution in [0.25, 0.3) is 10.8 Å². The van der Waals surface area contributed by atoms with Crippen molar-refractivity contribution in [2.75, 3.05) is 5.32 Å². The molecule has 2 N–H and O–H groups in total. The first-order valence-corrected chi connectivity index (χ1v) is 7.22. The van der Waals surface area contributed by atoms with Crippen molar-refractivity contribution in [1.29, 1.82) is 0 Å². The molecule has 0 atom stereocenters. The molecular formula is C18H14N2O4. The molecule has 6 heteroatoms. The maximum atomic E-state index is 12.1. The van der Waals surface area contributed by atoms with Gasteiger partial charge in [-0.25, -0.2) is 14.6 Å². The van der Waals surface area contributed by atoms with E-state index in [4.69, 9.17) is 9.84 Å². The molecule has 0 aliphatic heterocycles. The summed E-state index contributed by atoms with van der Waals surface area (Å²) >= 11 is 0. The number of nitrogens with one attached hydrogen (secondary N) is 1. The van der Waals surface area contributed by atoms with Gasteiger partial charge in [0.05, 0.1) is 5.69 Å². The van der Waals surface area contributed by atoms with Crippen molar-refractivity contribution in [2.24, 2.45) is 0 Å². The quantitative estimate of drug-likeness (QED) is 0.764. The number of amides is 1. The van der Waals surface area contributed by atoms with Crippen LogP contribution in [0, 0.1) is 6.92 Å². The number of carbonyl (C=O) groups is 2. The van der Waals surface area contributed by atoms with E-state index in [0.717, 1.165) is 10.8 Å². The zero-order valence-corrected chi connectivity index (χ0v) is 12.8. The Bertz CT molecular complexity index is 932. The standard InChI is InChI=1S/C18H14N2O4/c1-11-9-10-14(17(21)22)16(19-11)24-18(23)20-15-8-4-6-12-5-2-3-7-13(12)15/h2-10H,1H3,(H,20,23)(H,21,22). The van der Waals surface area contributed by atoms with E-state index in [1.165, 1.54) is 6.07 Å². The van der Waals surface area contributed by atoms with Crippen LogP contribution >= 0.6 is 0 Å². The molecule has 0 fully saturated rings. The van der Waals surface area contributed by atoms with Crippen molar-refractivity contribution in [3.63, 3.8) is 0 Å². The van der Waals surface area contributed by atoms with Crippen LogP contribution in [0.1, 0.15) is 16.1 Å². The number of rotatable bonds is 3. The van der Waals surface area contributed by atoms with Gasteiger partial charge in [0.1, 0.15) is 5.56 Å². The zero-order valence-electron chi connectivity index (χ0n) is 12.8. The molecule has 3 rings (SSSR count). The molecule has 1 amide bonds. The fraction of sp³-hybridized carbons (Fsp3) is 0.0556. The molecule has 0 aliphatic carbocycles. The van der Waals surface area contributed by atoms with Gasteiger partial charge in [-0.15, -0.1) is 0 Å². The molecule has 0 unspecified atom stereocenters. The third kappa shape index (κ3) is 3.17. The summed E-state index contributed by atoms with van der Waals surface area (Å²) in [5, 5.41) is 13.6. The fourth-order valence-corrected chi connectivity index (χ4v) is 2.33. The van der Waals surface area contributed by atoms with E-state index < -0.39 is 12.1 Å². The first kappa shape index (κ1) is 15.5. The van der Waals surface area contributed by atoms with Gasteiger partial charge in [0.25, 0.3) is 0 Å². The average Bonchev–Trinajstić information content (AvgIpc) is 2.55. The lowest BCUT2D eigenvalue weighted by Crippen LogP contribution is -2.19. The molecule has 1 aromatic heterocycles. The Kier molecular flexibility index (Phi) is 4.11. The lowest BCUT2D eigenvalue weighted by molar-refractivity contribution is 0.0693. The third-order valence-electron chi connectivity index (χ3n) is 3.45. The van der Waals surface area contributed by atoms with Crippen LogP contribution in [-0.2, 0) is 0 Å². The van der Waals surface area contributed by atoms with E-state index in [9.17, 15) is 9.59 Å². The molecule has 6 nitrogen and oxygen atoms in total. The van der Waals surface area contributed by atoms with Crippen molar-refractivity contribution in [3.8, 4) is 5.88 Å². The van der Waals surface area contributed by atoms with Crippen LogP contribution in [-0.4, -0.2) is 22.2 Å². The summed E-state index contributed by atoms with van der Waals surface area (Å²) in [5.74, 6) is -1.45. The number of benzene rings is 2. The van der Waals surface area contributed by atoms with E-state index in [-0.39, 0.29) is 11.4 Å². The Morgan fingerprint density at radius 3 is 2.58 bits per heavy atom. The topological polar surface area (TPSA) is 88.5 Å². The largest absolute Gasteiger partial charge is 0.477 e. The molecule has 120 valence electrons. The van der Waals surface area contributed by atoms with Crippen LogP contribution in [0.2, 0.25) is 0 Å². The number of hydrogen-bond donors (Lipinski definition) is 2. The second-order valence-electron chi connectivity index (χ2n) is 5.15. The first-order valence-electron chi connectivity index (χ1n) is 7.22. The van der Waals surface area contributed by atoms with Gasteiger partial charge in [0.15, 0.2) is 0 Å². The Hall–Kier alpha value is -3.41. The van der Waals surface area contributed by atoms with Gasteiger partial charge in [-0.05, 0) is 30.5 Å². The molecule has 0 spiro atoms. The number of ether oxygens (including phenoxy) is 1. The average molecular weight is 322 g/mol. The highest BCUT2D eigenvalue weighted by atomic mass is 16.6. The number of pyridine rings is 1. The Morgan fingerprint density at radius 2 is 1.79 bits per heavy atom. The Labute approximate surface area is 137 Å². The van der Waals surface area contributed by atoms with Gasteiger partial charge >= 0.3 is 12.1 Å². The highest BCUT2D eigenvalue weighted by Crippen LogP contribution is 2.23. The SMILES string of the molecule is Cc1ccc(C(=O)O)c(OC(=O)Nc2cccc3ccccc23)n1. The number of carboxylic acid groups (broad SMARTS) is 1. The van der Waals surface area contributed by atoms with Crippen LogP contribution in [0.5, 0.6) is 5.88 Å². The predicted molar refractivity (Wildman–Crippen MR) is 89.5 cm³/mol. The molecular weight excluding hydrogens is 308 g/mol. The minimum absolute atomic E-state index is 0.173. The summed E-state index contributed by atoms with van der Waals surface area (Å²) in [5.41, 5.74) is 0.948. The summed E-state index contributed by atoms with van der Waals surface area (Å²) in [6.45, 7) is 1.68. The second kappa shape index (κ2) is 6.37. The van der Waals surface area contributed by atoms with Gasteiger partial charge in [-0.3, -0.25) is 5.32 Å². The summed E-state index contributed by atoms with van der Waals surface area (Å²) in [4.78, 5) is 27.3. The lowest BCUT2D eigenvalue weighted by Gasteiger charge is -2.10. The van der Waals surface area contributed by atoms with E-state index in [1.807, 2.05) is 36.4 Å². The maximum absolute atomic E-state index is 12.1. The zero-order chi connectivity index (χ0) is 17.1. The van der Waals surface area contributed by atoms with Crippen molar-refractivity contribution in [1.82, 2.24) is 4.98 Å². The molecule has 0 aliphatic rings. The van der Waals surface area contributed by atoms with Gasteiger partial charge < -0.3 is 9.84 Å². The monoisotopic (exact) mass is 322 g/mol. The van der Waals surface area contributed by atoms with E-state index in [2.05, 4.69) is 10.3 Å².